The van der Waals surface area contributed by atoms with E-state index in [1.54, 1.807) is 42.5 Å². The molecule has 3 nitrogen and oxygen atoms in total. The van der Waals surface area contributed by atoms with E-state index in [-0.39, 0.29) is 11.6 Å². The molecule has 0 unspecified atom stereocenters. The van der Waals surface area contributed by atoms with Crippen LogP contribution < -0.4 is 4.90 Å². The van der Waals surface area contributed by atoms with E-state index < -0.39 is 5.82 Å². The van der Waals surface area contributed by atoms with Gasteiger partial charge in [0.25, 0.3) is 5.91 Å². The number of anilines is 1. The minimum absolute atomic E-state index is 0.158. The van der Waals surface area contributed by atoms with E-state index in [4.69, 9.17) is 11.6 Å². The van der Waals surface area contributed by atoms with Gasteiger partial charge >= 0.3 is 0 Å². The number of hydrogen-bond acceptors (Lipinski definition) is 2. The summed E-state index contributed by atoms with van der Waals surface area (Å²) in [6, 6.07) is 20.7. The topological polar surface area (TPSA) is 32.7 Å². The third kappa shape index (κ3) is 3.51. The molecule has 0 spiro atoms. The van der Waals surface area contributed by atoms with Crippen molar-refractivity contribution in [3.63, 3.8) is 0 Å². The summed E-state index contributed by atoms with van der Waals surface area (Å²) in [5, 5.41) is 0.567. The summed E-state index contributed by atoms with van der Waals surface area (Å²) in [5.74, 6) is -0.288. The Hall–Kier alpha value is -2.76. The maximum Gasteiger partial charge on any atom is 0.282 e. The Labute approximate surface area is 174 Å². The molecule has 0 saturated carbocycles. The Balaban J connectivity index is 1.87. The van der Waals surface area contributed by atoms with Crippen molar-refractivity contribution in [1.29, 1.82) is 0 Å². The second kappa shape index (κ2) is 7.70. The zero-order valence-corrected chi connectivity index (χ0v) is 16.8. The third-order valence-electron chi connectivity index (χ3n) is 4.26. The molecular formula is C22H13BrClFN2O. The molecular weight excluding hydrogens is 443 g/mol. The first-order valence-electron chi connectivity index (χ1n) is 8.44. The Bertz CT molecular complexity index is 1130. The van der Waals surface area contributed by atoms with Crippen molar-refractivity contribution >= 4 is 51.0 Å². The number of carbonyl (C=O) groups excluding carboxylic acids is 1. The number of halogens is 3. The van der Waals surface area contributed by atoms with Crippen molar-refractivity contribution in [3.8, 4) is 0 Å². The quantitative estimate of drug-likeness (QED) is 0.441. The lowest BCUT2D eigenvalue weighted by Crippen LogP contribution is -2.32. The molecule has 4 rings (SSSR count). The van der Waals surface area contributed by atoms with Crippen LogP contribution in [0.15, 0.2) is 88.0 Å². The third-order valence-corrected chi connectivity index (χ3v) is 5.20. The highest BCUT2D eigenvalue weighted by Gasteiger charge is 2.33. The first-order chi connectivity index (χ1) is 13.5. The predicted molar refractivity (Wildman–Crippen MR) is 114 cm³/mol. The van der Waals surface area contributed by atoms with Crippen LogP contribution in [0.4, 0.5) is 10.1 Å². The van der Waals surface area contributed by atoms with E-state index in [0.717, 1.165) is 10.0 Å². The molecule has 6 heteroatoms. The maximum atomic E-state index is 14.1. The van der Waals surface area contributed by atoms with Gasteiger partial charge in [-0.25, -0.2) is 9.38 Å². The molecule has 138 valence electrons. The summed E-state index contributed by atoms with van der Waals surface area (Å²) in [6.07, 6.45) is 1.46. The van der Waals surface area contributed by atoms with Gasteiger partial charge < -0.3 is 0 Å². The summed E-state index contributed by atoms with van der Waals surface area (Å²) in [5.41, 5.74) is 1.84. The number of amides is 1. The van der Waals surface area contributed by atoms with E-state index in [9.17, 15) is 9.18 Å². The van der Waals surface area contributed by atoms with E-state index in [1.165, 1.54) is 17.0 Å². The number of amidine groups is 1. The average Bonchev–Trinajstić information content (AvgIpc) is 3.01. The lowest BCUT2D eigenvalue weighted by atomic mass is 10.1. The van der Waals surface area contributed by atoms with Crippen molar-refractivity contribution in [3.05, 3.63) is 105 Å². The molecule has 0 atom stereocenters. The second-order valence-electron chi connectivity index (χ2n) is 6.08. The molecule has 3 aromatic rings. The van der Waals surface area contributed by atoms with Gasteiger partial charge in [0.05, 0.1) is 5.69 Å². The minimum atomic E-state index is -0.412. The molecule has 28 heavy (non-hydrogen) atoms. The fourth-order valence-electron chi connectivity index (χ4n) is 2.91. The molecule has 0 fully saturated rings. The van der Waals surface area contributed by atoms with Crippen LogP contribution in [0, 0.1) is 5.82 Å². The highest BCUT2D eigenvalue weighted by atomic mass is 79.9. The van der Waals surface area contributed by atoms with Gasteiger partial charge in [0.1, 0.15) is 17.3 Å². The van der Waals surface area contributed by atoms with Gasteiger partial charge in [0, 0.05) is 20.6 Å². The van der Waals surface area contributed by atoms with E-state index >= 15 is 0 Å². The molecule has 0 bridgehead atoms. The molecule has 0 aromatic heterocycles. The summed E-state index contributed by atoms with van der Waals surface area (Å²) >= 11 is 9.51. The van der Waals surface area contributed by atoms with Gasteiger partial charge in [-0.15, -0.1) is 0 Å². The molecule has 1 aliphatic heterocycles. The predicted octanol–water partition coefficient (Wildman–Crippen LogP) is 6.08. The van der Waals surface area contributed by atoms with Crippen LogP contribution in [-0.4, -0.2) is 11.7 Å². The lowest BCUT2D eigenvalue weighted by molar-refractivity contribution is -0.113. The van der Waals surface area contributed by atoms with Gasteiger partial charge in [0.2, 0.25) is 0 Å². The normalized spacial score (nSPS) is 15.2. The highest BCUT2D eigenvalue weighted by Crippen LogP contribution is 2.31. The molecule has 0 saturated heterocycles. The Morgan fingerprint density at radius 1 is 0.964 bits per heavy atom. The van der Waals surface area contributed by atoms with Crippen molar-refractivity contribution < 1.29 is 9.18 Å². The summed E-state index contributed by atoms with van der Waals surface area (Å²) in [7, 11) is 0. The van der Waals surface area contributed by atoms with Gasteiger partial charge in [-0.1, -0.05) is 63.9 Å². The van der Waals surface area contributed by atoms with Crippen LogP contribution in [-0.2, 0) is 4.79 Å². The van der Waals surface area contributed by atoms with E-state index in [1.807, 2.05) is 24.3 Å². The number of carbonyl (C=O) groups is 1. The molecule has 0 aliphatic carbocycles. The van der Waals surface area contributed by atoms with Gasteiger partial charge in [0.15, 0.2) is 0 Å². The smallest absolute Gasteiger partial charge is 0.266 e. The lowest BCUT2D eigenvalue weighted by Gasteiger charge is -2.19. The van der Waals surface area contributed by atoms with Crippen LogP contribution in [0.3, 0.4) is 0 Å². The first-order valence-corrected chi connectivity index (χ1v) is 9.61. The number of benzene rings is 3. The first kappa shape index (κ1) is 18.6. The van der Waals surface area contributed by atoms with Crippen molar-refractivity contribution in [2.75, 3.05) is 4.90 Å². The second-order valence-corrected chi connectivity index (χ2v) is 7.37. The fourth-order valence-corrected chi connectivity index (χ4v) is 3.50. The zero-order chi connectivity index (χ0) is 19.7. The molecule has 1 amide bonds. The van der Waals surface area contributed by atoms with Crippen molar-refractivity contribution in [2.45, 2.75) is 0 Å². The summed E-state index contributed by atoms with van der Waals surface area (Å²) < 4.78 is 14.9. The molecule has 0 N–H and O–H groups in total. The molecule has 3 aromatic carbocycles. The number of hydrogen-bond donors (Lipinski definition) is 0. The fraction of sp³-hybridized carbons (Fsp3) is 0. The number of rotatable bonds is 3. The molecule has 1 aliphatic rings. The van der Waals surface area contributed by atoms with Crippen molar-refractivity contribution in [1.82, 2.24) is 0 Å². The Morgan fingerprint density at radius 3 is 2.36 bits per heavy atom. The van der Waals surface area contributed by atoms with E-state index in [0.29, 0.717) is 22.1 Å². The maximum absolute atomic E-state index is 14.1. The zero-order valence-electron chi connectivity index (χ0n) is 14.4. The minimum Gasteiger partial charge on any atom is -0.266 e. The number of nitrogens with zero attached hydrogens (tertiary/aromatic N) is 2. The van der Waals surface area contributed by atoms with Gasteiger partial charge in [-0.05, 0) is 42.5 Å². The monoisotopic (exact) mass is 454 g/mol. The van der Waals surface area contributed by atoms with E-state index in [2.05, 4.69) is 20.9 Å². The standard InChI is InChI=1S/C22H13BrClFN2O/c23-18-7-3-2-6-17(18)21-26-20(13-14-5-1-4-8-19(14)25)22(28)27(21)16-11-9-15(24)10-12-16/h1-13H/b20-13+. The van der Waals surface area contributed by atoms with Gasteiger partial charge in [-0.3, -0.25) is 9.69 Å². The van der Waals surface area contributed by atoms with Crippen LogP contribution in [0.5, 0.6) is 0 Å². The van der Waals surface area contributed by atoms with Crippen LogP contribution in [0.1, 0.15) is 11.1 Å². The van der Waals surface area contributed by atoms with Crippen molar-refractivity contribution in [2.24, 2.45) is 4.99 Å². The van der Waals surface area contributed by atoms with Crippen LogP contribution in [0.2, 0.25) is 5.02 Å². The average molecular weight is 456 g/mol. The van der Waals surface area contributed by atoms with Crippen LogP contribution in [0.25, 0.3) is 6.08 Å². The number of aliphatic imine (C=N–C) groups is 1. The summed E-state index contributed by atoms with van der Waals surface area (Å²) in [4.78, 5) is 19.2. The molecule has 0 radical (unpaired) electrons. The Kier molecular flexibility index (Phi) is 5.11. The highest BCUT2D eigenvalue weighted by molar-refractivity contribution is 9.10. The largest absolute Gasteiger partial charge is 0.282 e. The molecule has 1 heterocycles. The van der Waals surface area contributed by atoms with Crippen LogP contribution >= 0.6 is 27.5 Å². The Morgan fingerprint density at radius 2 is 1.64 bits per heavy atom. The SMILES string of the molecule is O=C1/C(=C\c2ccccc2F)N=C(c2ccccc2Br)N1c1ccc(Cl)cc1. The van der Waals surface area contributed by atoms with Gasteiger partial charge in [-0.2, -0.15) is 0 Å². The summed E-state index contributed by atoms with van der Waals surface area (Å²) in [6.45, 7) is 0.